The first-order valence-electron chi connectivity index (χ1n) is 4.19. The van der Waals surface area contributed by atoms with E-state index in [1.54, 1.807) is 6.20 Å². The number of hydrogen-bond acceptors (Lipinski definition) is 1. The molecule has 2 nitrogen and oxygen atoms in total. The Bertz CT molecular complexity index is 311. The van der Waals surface area contributed by atoms with Crippen LogP contribution >= 0.6 is 0 Å². The lowest BCUT2D eigenvalue weighted by Crippen LogP contribution is -2.10. The Hall–Kier alpha value is -1.57. The van der Waals surface area contributed by atoms with Gasteiger partial charge < -0.3 is 5.32 Å². The maximum Gasteiger partial charge on any atom is 0.220 e. The van der Waals surface area contributed by atoms with E-state index in [0.717, 1.165) is 5.56 Å². The minimum Gasteiger partial charge on any atom is -0.333 e. The highest BCUT2D eigenvalue weighted by Gasteiger charge is 1.86. The van der Waals surface area contributed by atoms with Crippen molar-refractivity contribution in [1.82, 2.24) is 5.32 Å². The van der Waals surface area contributed by atoms with Crippen LogP contribution in [0.4, 0.5) is 0 Å². The molecule has 1 amide bonds. The van der Waals surface area contributed by atoms with E-state index in [-0.39, 0.29) is 5.91 Å². The molecule has 68 valence electrons. The maximum absolute atomic E-state index is 10.5. The van der Waals surface area contributed by atoms with Gasteiger partial charge in [0.1, 0.15) is 0 Å². The number of aryl methyl sites for hydroxylation is 1. The van der Waals surface area contributed by atoms with E-state index in [1.165, 1.54) is 12.5 Å². The van der Waals surface area contributed by atoms with Crippen molar-refractivity contribution in [2.45, 2.75) is 13.8 Å². The van der Waals surface area contributed by atoms with Crippen molar-refractivity contribution in [3.63, 3.8) is 0 Å². The second-order valence-corrected chi connectivity index (χ2v) is 2.94. The summed E-state index contributed by atoms with van der Waals surface area (Å²) in [6.45, 7) is 3.53. The second kappa shape index (κ2) is 4.45. The highest BCUT2D eigenvalue weighted by atomic mass is 16.1. The zero-order valence-electron chi connectivity index (χ0n) is 7.87. The van der Waals surface area contributed by atoms with E-state index in [0.29, 0.717) is 0 Å². The van der Waals surface area contributed by atoms with Crippen molar-refractivity contribution >= 4 is 12.0 Å². The zero-order valence-corrected chi connectivity index (χ0v) is 7.87. The third-order valence-corrected chi connectivity index (χ3v) is 1.64. The van der Waals surface area contributed by atoms with Crippen molar-refractivity contribution in [3.8, 4) is 0 Å². The molecule has 0 atom stereocenters. The fourth-order valence-electron chi connectivity index (χ4n) is 0.933. The molecule has 1 rings (SSSR count). The van der Waals surface area contributed by atoms with Crippen molar-refractivity contribution in [2.75, 3.05) is 0 Å². The molecule has 0 aliphatic carbocycles. The second-order valence-electron chi connectivity index (χ2n) is 2.94. The van der Waals surface area contributed by atoms with Gasteiger partial charge in [0.05, 0.1) is 0 Å². The van der Waals surface area contributed by atoms with Crippen LogP contribution in [0.25, 0.3) is 6.08 Å². The number of carbonyl (C=O) groups excluding carboxylic acids is 1. The van der Waals surface area contributed by atoms with Crippen LogP contribution in [-0.2, 0) is 4.79 Å². The normalized spacial score (nSPS) is 10.3. The van der Waals surface area contributed by atoms with Crippen molar-refractivity contribution < 1.29 is 4.79 Å². The van der Waals surface area contributed by atoms with Crippen molar-refractivity contribution in [1.29, 1.82) is 0 Å². The molecule has 0 heterocycles. The minimum absolute atomic E-state index is 0.0524. The summed E-state index contributed by atoms with van der Waals surface area (Å²) in [6.07, 6.45) is 3.51. The Labute approximate surface area is 78.3 Å². The van der Waals surface area contributed by atoms with Gasteiger partial charge in [-0.2, -0.15) is 0 Å². The number of benzene rings is 1. The molecule has 1 aromatic rings. The van der Waals surface area contributed by atoms with Gasteiger partial charge >= 0.3 is 0 Å². The molecular formula is C11H13NO. The minimum atomic E-state index is -0.0524. The van der Waals surface area contributed by atoms with E-state index in [2.05, 4.69) is 5.32 Å². The molecule has 0 bridgehead atoms. The van der Waals surface area contributed by atoms with Crippen LogP contribution in [0.3, 0.4) is 0 Å². The Morgan fingerprint density at radius 3 is 2.46 bits per heavy atom. The summed E-state index contributed by atoms with van der Waals surface area (Å²) in [5.41, 5.74) is 2.32. The molecule has 0 fully saturated rings. The first-order valence-corrected chi connectivity index (χ1v) is 4.19. The van der Waals surface area contributed by atoms with Crippen LogP contribution in [0.5, 0.6) is 0 Å². The monoisotopic (exact) mass is 175 g/mol. The average molecular weight is 175 g/mol. The molecule has 13 heavy (non-hydrogen) atoms. The summed E-state index contributed by atoms with van der Waals surface area (Å²) in [7, 11) is 0. The van der Waals surface area contributed by atoms with Gasteiger partial charge in [0.25, 0.3) is 0 Å². The first kappa shape index (κ1) is 9.52. The van der Waals surface area contributed by atoms with E-state index in [9.17, 15) is 4.79 Å². The Kier molecular flexibility index (Phi) is 3.26. The van der Waals surface area contributed by atoms with E-state index < -0.39 is 0 Å². The number of nitrogens with one attached hydrogen (secondary N) is 1. The highest BCUT2D eigenvalue weighted by molar-refractivity contribution is 5.74. The largest absolute Gasteiger partial charge is 0.333 e. The van der Waals surface area contributed by atoms with E-state index >= 15 is 0 Å². The molecule has 0 aliphatic rings. The van der Waals surface area contributed by atoms with E-state index in [1.807, 2.05) is 37.3 Å². The fourth-order valence-corrected chi connectivity index (χ4v) is 0.933. The number of carbonyl (C=O) groups is 1. The molecule has 0 saturated heterocycles. The SMILES string of the molecule is CC(=O)NC=Cc1ccc(C)cc1. The molecule has 0 aliphatic heterocycles. The summed E-state index contributed by atoms with van der Waals surface area (Å²) in [5.74, 6) is -0.0524. The molecule has 2 heteroatoms. The predicted octanol–water partition coefficient (Wildman–Crippen LogP) is 2.10. The Morgan fingerprint density at radius 2 is 1.92 bits per heavy atom. The zero-order chi connectivity index (χ0) is 9.68. The van der Waals surface area contributed by atoms with Gasteiger partial charge in [-0.15, -0.1) is 0 Å². The molecule has 0 radical (unpaired) electrons. The van der Waals surface area contributed by atoms with Crippen molar-refractivity contribution in [2.24, 2.45) is 0 Å². The van der Waals surface area contributed by atoms with Gasteiger partial charge in [-0.25, -0.2) is 0 Å². The summed E-state index contributed by atoms with van der Waals surface area (Å²) in [6, 6.07) is 8.09. The summed E-state index contributed by atoms with van der Waals surface area (Å²) < 4.78 is 0. The maximum atomic E-state index is 10.5. The molecule has 1 aromatic carbocycles. The number of hydrogen-bond donors (Lipinski definition) is 1. The first-order chi connectivity index (χ1) is 6.18. The summed E-state index contributed by atoms with van der Waals surface area (Å²) in [4.78, 5) is 10.5. The smallest absolute Gasteiger partial charge is 0.220 e. The lowest BCUT2D eigenvalue weighted by molar-refractivity contribution is -0.118. The predicted molar refractivity (Wildman–Crippen MR) is 54.0 cm³/mol. The highest BCUT2D eigenvalue weighted by Crippen LogP contribution is 2.03. The molecule has 0 unspecified atom stereocenters. The van der Waals surface area contributed by atoms with Crippen LogP contribution in [0, 0.1) is 6.92 Å². The summed E-state index contributed by atoms with van der Waals surface area (Å²) in [5, 5.41) is 2.59. The number of amides is 1. The lowest BCUT2D eigenvalue weighted by Gasteiger charge is -1.95. The van der Waals surface area contributed by atoms with E-state index in [4.69, 9.17) is 0 Å². The topological polar surface area (TPSA) is 29.1 Å². The fraction of sp³-hybridized carbons (Fsp3) is 0.182. The molecule has 0 spiro atoms. The van der Waals surface area contributed by atoms with Crippen LogP contribution < -0.4 is 5.32 Å². The average Bonchev–Trinajstić information content (AvgIpc) is 2.08. The molecular weight excluding hydrogens is 162 g/mol. The van der Waals surface area contributed by atoms with Gasteiger partial charge in [0.15, 0.2) is 0 Å². The van der Waals surface area contributed by atoms with Crippen LogP contribution in [-0.4, -0.2) is 5.91 Å². The quantitative estimate of drug-likeness (QED) is 0.732. The van der Waals surface area contributed by atoms with Gasteiger partial charge in [-0.1, -0.05) is 29.8 Å². The summed E-state index contributed by atoms with van der Waals surface area (Å²) >= 11 is 0. The van der Waals surface area contributed by atoms with Crippen LogP contribution in [0.15, 0.2) is 30.5 Å². The van der Waals surface area contributed by atoms with Gasteiger partial charge in [0.2, 0.25) is 5.91 Å². The number of rotatable bonds is 2. The molecule has 1 N–H and O–H groups in total. The molecule has 0 aromatic heterocycles. The van der Waals surface area contributed by atoms with Gasteiger partial charge in [0, 0.05) is 13.1 Å². The standard InChI is InChI=1S/C11H13NO/c1-9-3-5-11(6-4-9)7-8-12-10(2)13/h3-8H,1-2H3,(H,12,13). The third-order valence-electron chi connectivity index (χ3n) is 1.64. The Balaban J connectivity index is 2.59. The molecule has 0 saturated carbocycles. The van der Waals surface area contributed by atoms with Crippen LogP contribution in [0.2, 0.25) is 0 Å². The van der Waals surface area contributed by atoms with Crippen LogP contribution in [0.1, 0.15) is 18.1 Å². The lowest BCUT2D eigenvalue weighted by atomic mass is 10.1. The van der Waals surface area contributed by atoms with Gasteiger partial charge in [-0.05, 0) is 18.6 Å². The van der Waals surface area contributed by atoms with Crippen molar-refractivity contribution in [3.05, 3.63) is 41.6 Å². The Morgan fingerprint density at radius 1 is 1.31 bits per heavy atom. The third kappa shape index (κ3) is 3.56. The van der Waals surface area contributed by atoms with Gasteiger partial charge in [-0.3, -0.25) is 4.79 Å².